The van der Waals surface area contributed by atoms with Crippen LogP contribution in [-0.2, 0) is 16.0 Å². The summed E-state index contributed by atoms with van der Waals surface area (Å²) in [6.07, 6.45) is 3.55. The Morgan fingerprint density at radius 3 is 2.75 bits per heavy atom. The zero-order chi connectivity index (χ0) is 14.8. The first-order chi connectivity index (χ1) is 9.55. The number of hydrogen-bond acceptors (Lipinski definition) is 3. The van der Waals surface area contributed by atoms with Crippen LogP contribution in [0.3, 0.4) is 0 Å². The number of aromatic amines is 1. The lowest BCUT2D eigenvalue weighted by Crippen LogP contribution is -2.64. The highest BCUT2D eigenvalue weighted by Crippen LogP contribution is 2.48. The van der Waals surface area contributed by atoms with Crippen molar-refractivity contribution < 1.29 is 9.53 Å². The first-order valence-corrected chi connectivity index (χ1v) is 7.38. The zero-order valence-corrected chi connectivity index (χ0v) is 12.8. The van der Waals surface area contributed by atoms with E-state index in [-0.39, 0.29) is 23.5 Å². The van der Waals surface area contributed by atoms with Crippen molar-refractivity contribution in [3.05, 3.63) is 17.5 Å². The van der Waals surface area contributed by atoms with Crippen LogP contribution in [0, 0.1) is 12.3 Å². The highest BCUT2D eigenvalue weighted by molar-refractivity contribution is 5.78. The molecular weight excluding hydrogens is 254 g/mol. The highest BCUT2D eigenvalue weighted by Gasteiger charge is 2.53. The molecule has 0 radical (unpaired) electrons. The summed E-state index contributed by atoms with van der Waals surface area (Å²) in [5.74, 6) is 0.0438. The number of ether oxygens (including phenoxy) is 1. The van der Waals surface area contributed by atoms with Gasteiger partial charge in [-0.2, -0.15) is 5.10 Å². The van der Waals surface area contributed by atoms with Gasteiger partial charge in [-0.3, -0.25) is 9.89 Å². The van der Waals surface area contributed by atoms with Crippen molar-refractivity contribution in [2.24, 2.45) is 5.41 Å². The van der Waals surface area contributed by atoms with Crippen molar-refractivity contribution >= 4 is 5.91 Å². The number of amides is 1. The number of carbonyl (C=O) groups excluding carboxylic acids is 1. The molecule has 20 heavy (non-hydrogen) atoms. The zero-order valence-electron chi connectivity index (χ0n) is 12.8. The molecule has 5 heteroatoms. The van der Waals surface area contributed by atoms with E-state index in [1.165, 1.54) is 0 Å². The maximum absolute atomic E-state index is 12.1. The van der Waals surface area contributed by atoms with Gasteiger partial charge < -0.3 is 10.1 Å². The second kappa shape index (κ2) is 5.95. The Balaban J connectivity index is 1.94. The van der Waals surface area contributed by atoms with Crippen LogP contribution in [0.1, 0.15) is 44.5 Å². The van der Waals surface area contributed by atoms with E-state index in [0.29, 0.717) is 6.42 Å². The Hall–Kier alpha value is -1.36. The molecule has 2 N–H and O–H groups in total. The molecule has 0 spiro atoms. The van der Waals surface area contributed by atoms with Crippen LogP contribution in [0.5, 0.6) is 0 Å². The minimum Gasteiger partial charge on any atom is -0.381 e. The molecule has 1 aromatic rings. The number of hydrogen-bond donors (Lipinski definition) is 2. The number of carbonyl (C=O) groups is 1. The third-order valence-corrected chi connectivity index (χ3v) is 4.82. The average molecular weight is 279 g/mol. The predicted molar refractivity (Wildman–Crippen MR) is 77.4 cm³/mol. The lowest BCUT2D eigenvalue weighted by Gasteiger charge is -2.55. The summed E-state index contributed by atoms with van der Waals surface area (Å²) in [5, 5.41) is 10.1. The Bertz CT molecular complexity index is 465. The van der Waals surface area contributed by atoms with Gasteiger partial charge in [-0.15, -0.1) is 0 Å². The maximum atomic E-state index is 12.1. The quantitative estimate of drug-likeness (QED) is 0.836. The van der Waals surface area contributed by atoms with Crippen LogP contribution in [0.25, 0.3) is 0 Å². The van der Waals surface area contributed by atoms with Crippen LogP contribution in [0.15, 0.2) is 6.07 Å². The molecule has 1 saturated carbocycles. The molecule has 0 bridgehead atoms. The minimum atomic E-state index is 0.0438. The highest BCUT2D eigenvalue weighted by atomic mass is 16.5. The molecule has 0 aromatic carbocycles. The summed E-state index contributed by atoms with van der Waals surface area (Å²) in [5.41, 5.74) is 1.86. The first kappa shape index (κ1) is 15.0. The van der Waals surface area contributed by atoms with Crippen molar-refractivity contribution in [2.45, 2.75) is 58.6 Å². The van der Waals surface area contributed by atoms with Crippen molar-refractivity contribution in [3.63, 3.8) is 0 Å². The SMILES string of the molecule is CCC1(CC)C(NC(=O)Cc2cc(C)[nH]n2)CC1OC. The third-order valence-electron chi connectivity index (χ3n) is 4.82. The summed E-state index contributed by atoms with van der Waals surface area (Å²) < 4.78 is 5.55. The van der Waals surface area contributed by atoms with Gasteiger partial charge in [0.25, 0.3) is 0 Å². The van der Waals surface area contributed by atoms with Crippen molar-refractivity contribution in [2.75, 3.05) is 7.11 Å². The second-order valence-electron chi connectivity index (χ2n) is 5.74. The standard InChI is InChI=1S/C15H25N3O2/c1-5-15(6-2)12(9-13(15)20-4)16-14(19)8-11-7-10(3)17-18-11/h7,12-13H,5-6,8-9H2,1-4H3,(H,16,19)(H,17,18). The number of methoxy groups -OCH3 is 1. The molecule has 2 rings (SSSR count). The number of aryl methyl sites for hydroxylation is 1. The van der Waals surface area contributed by atoms with Gasteiger partial charge in [-0.25, -0.2) is 0 Å². The van der Waals surface area contributed by atoms with E-state index in [1.807, 2.05) is 13.0 Å². The van der Waals surface area contributed by atoms with E-state index in [1.54, 1.807) is 7.11 Å². The summed E-state index contributed by atoms with van der Waals surface area (Å²) in [6, 6.07) is 2.13. The average Bonchev–Trinajstić information content (AvgIpc) is 2.81. The number of nitrogens with zero attached hydrogens (tertiary/aromatic N) is 1. The molecule has 1 amide bonds. The van der Waals surface area contributed by atoms with E-state index < -0.39 is 0 Å². The van der Waals surface area contributed by atoms with E-state index in [2.05, 4.69) is 29.4 Å². The van der Waals surface area contributed by atoms with Crippen LogP contribution < -0.4 is 5.32 Å². The smallest absolute Gasteiger partial charge is 0.226 e. The molecule has 1 aliphatic rings. The fourth-order valence-electron chi connectivity index (χ4n) is 3.45. The largest absolute Gasteiger partial charge is 0.381 e. The number of aromatic nitrogens is 2. The summed E-state index contributed by atoms with van der Waals surface area (Å²) in [6.45, 7) is 6.28. The van der Waals surface area contributed by atoms with Crippen LogP contribution in [-0.4, -0.2) is 35.4 Å². The van der Waals surface area contributed by atoms with Gasteiger partial charge in [-0.05, 0) is 32.3 Å². The van der Waals surface area contributed by atoms with E-state index in [9.17, 15) is 4.79 Å². The molecule has 1 heterocycles. The second-order valence-corrected chi connectivity index (χ2v) is 5.74. The van der Waals surface area contributed by atoms with Gasteiger partial charge in [0.05, 0.1) is 18.2 Å². The van der Waals surface area contributed by atoms with E-state index in [0.717, 1.165) is 30.7 Å². The normalized spacial score (nSPS) is 24.2. The monoisotopic (exact) mass is 279 g/mol. The van der Waals surface area contributed by atoms with Gasteiger partial charge in [0.2, 0.25) is 5.91 Å². The van der Waals surface area contributed by atoms with Gasteiger partial charge in [0.15, 0.2) is 0 Å². The molecule has 2 unspecified atom stereocenters. The molecule has 1 aliphatic carbocycles. The summed E-state index contributed by atoms with van der Waals surface area (Å²) in [7, 11) is 1.76. The first-order valence-electron chi connectivity index (χ1n) is 7.38. The third kappa shape index (κ3) is 2.59. The van der Waals surface area contributed by atoms with Crippen LogP contribution in [0.2, 0.25) is 0 Å². The molecular formula is C15H25N3O2. The number of nitrogens with one attached hydrogen (secondary N) is 2. The molecule has 1 fully saturated rings. The predicted octanol–water partition coefficient (Wildman–Crippen LogP) is 1.97. The molecule has 5 nitrogen and oxygen atoms in total. The van der Waals surface area contributed by atoms with Gasteiger partial charge >= 0.3 is 0 Å². The Morgan fingerprint density at radius 2 is 2.25 bits per heavy atom. The molecule has 2 atom stereocenters. The molecule has 0 saturated heterocycles. The summed E-state index contributed by atoms with van der Waals surface area (Å²) in [4.78, 5) is 12.1. The summed E-state index contributed by atoms with van der Waals surface area (Å²) >= 11 is 0. The number of H-pyrrole nitrogens is 1. The van der Waals surface area contributed by atoms with Crippen LogP contribution in [0.4, 0.5) is 0 Å². The van der Waals surface area contributed by atoms with Gasteiger partial charge in [0, 0.05) is 24.3 Å². The van der Waals surface area contributed by atoms with Crippen LogP contribution >= 0.6 is 0 Å². The van der Waals surface area contributed by atoms with Gasteiger partial charge in [0.1, 0.15) is 0 Å². The topological polar surface area (TPSA) is 67.0 Å². The minimum absolute atomic E-state index is 0.0438. The lowest BCUT2D eigenvalue weighted by molar-refractivity contribution is -0.140. The van der Waals surface area contributed by atoms with Crippen molar-refractivity contribution in [3.8, 4) is 0 Å². The maximum Gasteiger partial charge on any atom is 0.226 e. The Labute approximate surface area is 120 Å². The van der Waals surface area contributed by atoms with Crippen molar-refractivity contribution in [1.82, 2.24) is 15.5 Å². The fraction of sp³-hybridized carbons (Fsp3) is 0.733. The molecule has 1 aromatic heterocycles. The Morgan fingerprint density at radius 1 is 1.55 bits per heavy atom. The molecule has 112 valence electrons. The van der Waals surface area contributed by atoms with E-state index >= 15 is 0 Å². The number of rotatable bonds is 6. The fourth-order valence-corrected chi connectivity index (χ4v) is 3.45. The van der Waals surface area contributed by atoms with Crippen molar-refractivity contribution in [1.29, 1.82) is 0 Å². The Kier molecular flexibility index (Phi) is 4.48. The molecule has 0 aliphatic heterocycles. The van der Waals surface area contributed by atoms with E-state index in [4.69, 9.17) is 4.74 Å². The lowest BCUT2D eigenvalue weighted by atomic mass is 9.58. The van der Waals surface area contributed by atoms with Gasteiger partial charge in [-0.1, -0.05) is 13.8 Å².